The van der Waals surface area contributed by atoms with Crippen LogP contribution < -0.4 is 14.4 Å². The minimum Gasteiger partial charge on any atom is -0.507 e. The molecule has 0 spiro atoms. The molecular formula is C30H29N3O5S. The maximum Gasteiger partial charge on any atom is 0.301 e. The number of aromatic nitrogens is 2. The number of benzene rings is 2. The fourth-order valence-corrected chi connectivity index (χ4v) is 5.72. The molecule has 1 aliphatic rings. The van der Waals surface area contributed by atoms with Crippen LogP contribution in [0.2, 0.25) is 0 Å². The number of thiazole rings is 1. The Hall–Kier alpha value is -4.24. The van der Waals surface area contributed by atoms with Crippen molar-refractivity contribution in [3.8, 4) is 11.5 Å². The number of fused-ring (bicyclic) bond motifs is 1. The van der Waals surface area contributed by atoms with E-state index in [1.165, 1.54) is 23.3 Å². The van der Waals surface area contributed by atoms with E-state index in [2.05, 4.69) is 25.8 Å². The van der Waals surface area contributed by atoms with E-state index in [4.69, 9.17) is 14.5 Å². The number of pyridine rings is 1. The minimum absolute atomic E-state index is 0.0731. The van der Waals surface area contributed by atoms with Gasteiger partial charge in [-0.05, 0) is 59.9 Å². The zero-order valence-corrected chi connectivity index (χ0v) is 23.4. The van der Waals surface area contributed by atoms with Crippen LogP contribution in [0.25, 0.3) is 16.0 Å². The second-order valence-corrected chi connectivity index (χ2v) is 11.4. The molecule has 1 atom stereocenters. The monoisotopic (exact) mass is 543 g/mol. The number of aryl methyl sites for hydroxylation is 1. The van der Waals surface area contributed by atoms with Crippen molar-refractivity contribution in [1.82, 2.24) is 9.97 Å². The lowest BCUT2D eigenvalue weighted by Gasteiger charge is -2.23. The number of ether oxygens (including phenoxy) is 2. The summed E-state index contributed by atoms with van der Waals surface area (Å²) in [7, 11) is 3.09. The van der Waals surface area contributed by atoms with Gasteiger partial charge in [0.25, 0.3) is 5.78 Å². The Morgan fingerprint density at radius 1 is 1.03 bits per heavy atom. The summed E-state index contributed by atoms with van der Waals surface area (Å²) in [5.41, 5.74) is 2.96. The van der Waals surface area contributed by atoms with Gasteiger partial charge in [0.1, 0.15) is 23.3 Å². The first-order valence-corrected chi connectivity index (χ1v) is 13.2. The van der Waals surface area contributed by atoms with Crippen LogP contribution in [0.1, 0.15) is 49.2 Å². The molecule has 4 aromatic rings. The van der Waals surface area contributed by atoms with Crippen LogP contribution in [0.4, 0.5) is 5.13 Å². The Morgan fingerprint density at radius 2 is 1.77 bits per heavy atom. The number of amides is 1. The fourth-order valence-electron chi connectivity index (χ4n) is 4.72. The number of methoxy groups -OCH3 is 2. The molecule has 39 heavy (non-hydrogen) atoms. The molecule has 0 aliphatic carbocycles. The second-order valence-electron chi connectivity index (χ2n) is 10.4. The Labute approximate surface area is 230 Å². The topological polar surface area (TPSA) is 102 Å². The summed E-state index contributed by atoms with van der Waals surface area (Å²) in [6, 6.07) is 13.5. The number of aliphatic hydroxyl groups is 1. The van der Waals surface area contributed by atoms with Crippen LogP contribution in [-0.4, -0.2) is 41.0 Å². The molecule has 8 nitrogen and oxygen atoms in total. The third-order valence-corrected chi connectivity index (χ3v) is 7.85. The molecule has 200 valence electrons. The van der Waals surface area contributed by atoms with Crippen molar-refractivity contribution in [2.24, 2.45) is 0 Å². The molecule has 0 bridgehead atoms. The summed E-state index contributed by atoms with van der Waals surface area (Å²) >= 11 is 1.27. The van der Waals surface area contributed by atoms with E-state index in [9.17, 15) is 14.7 Å². The van der Waals surface area contributed by atoms with Gasteiger partial charge in [0.05, 0.1) is 41.3 Å². The van der Waals surface area contributed by atoms with Gasteiger partial charge in [0.2, 0.25) is 0 Å². The van der Waals surface area contributed by atoms with Crippen molar-refractivity contribution >= 4 is 44.1 Å². The van der Waals surface area contributed by atoms with Gasteiger partial charge >= 0.3 is 5.91 Å². The molecule has 2 aromatic heterocycles. The number of hydrogen-bond donors (Lipinski definition) is 1. The molecule has 5 rings (SSSR count). The number of aliphatic hydroxyl groups excluding tert-OH is 1. The van der Waals surface area contributed by atoms with Crippen molar-refractivity contribution in [3.05, 3.63) is 82.7 Å². The van der Waals surface area contributed by atoms with Gasteiger partial charge in [0.15, 0.2) is 5.13 Å². The summed E-state index contributed by atoms with van der Waals surface area (Å²) in [6.07, 6.45) is 1.59. The number of carbonyl (C=O) groups excluding carboxylic acids is 2. The number of nitrogens with zero attached hydrogens (tertiary/aromatic N) is 3. The van der Waals surface area contributed by atoms with Crippen molar-refractivity contribution in [3.63, 3.8) is 0 Å². The predicted octanol–water partition coefficient (Wildman–Crippen LogP) is 5.94. The summed E-state index contributed by atoms with van der Waals surface area (Å²) in [5.74, 6) is -0.853. The fraction of sp³-hybridized carbons (Fsp3) is 0.267. The molecule has 2 aromatic carbocycles. The van der Waals surface area contributed by atoms with Crippen LogP contribution in [0.5, 0.6) is 11.5 Å². The van der Waals surface area contributed by atoms with Crippen molar-refractivity contribution in [2.75, 3.05) is 19.1 Å². The van der Waals surface area contributed by atoms with Crippen LogP contribution in [0.15, 0.2) is 60.3 Å². The highest BCUT2D eigenvalue weighted by Crippen LogP contribution is 2.45. The third kappa shape index (κ3) is 4.52. The second kappa shape index (κ2) is 9.81. The molecule has 1 N–H and O–H groups in total. The summed E-state index contributed by atoms with van der Waals surface area (Å²) < 4.78 is 11.8. The number of anilines is 1. The van der Waals surface area contributed by atoms with Crippen LogP contribution in [-0.2, 0) is 15.0 Å². The maximum atomic E-state index is 13.6. The van der Waals surface area contributed by atoms with Gasteiger partial charge in [-0.15, -0.1) is 0 Å². The van der Waals surface area contributed by atoms with Gasteiger partial charge in [-0.2, -0.15) is 0 Å². The van der Waals surface area contributed by atoms with Crippen LogP contribution in [0.3, 0.4) is 0 Å². The Kier molecular flexibility index (Phi) is 6.64. The molecule has 0 saturated carbocycles. The molecule has 1 saturated heterocycles. The lowest BCUT2D eigenvalue weighted by atomic mass is 9.85. The molecular weight excluding hydrogens is 514 g/mol. The molecule has 3 heterocycles. The Morgan fingerprint density at radius 3 is 2.41 bits per heavy atom. The predicted molar refractivity (Wildman–Crippen MR) is 152 cm³/mol. The first-order chi connectivity index (χ1) is 18.5. The first kappa shape index (κ1) is 26.4. The van der Waals surface area contributed by atoms with Crippen molar-refractivity contribution in [1.29, 1.82) is 0 Å². The smallest absolute Gasteiger partial charge is 0.301 e. The first-order valence-electron chi connectivity index (χ1n) is 12.4. The highest BCUT2D eigenvalue weighted by Gasteiger charge is 2.49. The normalized spacial score (nSPS) is 17.2. The molecule has 9 heteroatoms. The highest BCUT2D eigenvalue weighted by molar-refractivity contribution is 7.22. The van der Waals surface area contributed by atoms with E-state index in [1.807, 2.05) is 25.1 Å². The van der Waals surface area contributed by atoms with Crippen LogP contribution >= 0.6 is 11.3 Å². The summed E-state index contributed by atoms with van der Waals surface area (Å²) in [5, 5.41) is 12.0. The van der Waals surface area contributed by atoms with E-state index in [0.29, 0.717) is 33.4 Å². The maximum absolute atomic E-state index is 13.6. The quantitative estimate of drug-likeness (QED) is 0.189. The SMILES string of the molecule is COc1cc2sc(N3C(=O)C(=O)/C(=C(/O)c4cc(C(C)(C)C)ccc4OC)C3c3ccccn3)nc2cc1C. The number of rotatable bonds is 5. The van der Waals surface area contributed by atoms with E-state index in [1.54, 1.807) is 43.6 Å². The van der Waals surface area contributed by atoms with E-state index >= 15 is 0 Å². The minimum atomic E-state index is -0.988. The number of Topliss-reactive ketones (excluding diaryl/α,β-unsaturated/α-hetero) is 1. The number of ketones is 1. The lowest BCUT2D eigenvalue weighted by Crippen LogP contribution is -2.29. The zero-order valence-electron chi connectivity index (χ0n) is 22.6. The number of carbonyl (C=O) groups is 2. The largest absolute Gasteiger partial charge is 0.507 e. The van der Waals surface area contributed by atoms with Crippen molar-refractivity contribution in [2.45, 2.75) is 39.2 Å². The lowest BCUT2D eigenvalue weighted by molar-refractivity contribution is -0.132. The standard InChI is InChI=1S/C30H29N3O5S/c1-16-13-20-23(15-22(16)38-6)39-29(32-20)33-25(19-9-7-8-12-31-19)24(27(35)28(33)36)26(34)18-14-17(30(2,3)4)10-11-21(18)37-5/h7-15,25,34H,1-6H3/b26-24+. The Bertz CT molecular complexity index is 1640. The molecule has 1 aliphatic heterocycles. The molecule has 1 fully saturated rings. The van der Waals surface area contributed by atoms with Gasteiger partial charge in [0, 0.05) is 6.20 Å². The average molecular weight is 544 g/mol. The third-order valence-electron chi connectivity index (χ3n) is 6.83. The number of hydrogen-bond acceptors (Lipinski definition) is 8. The van der Waals surface area contributed by atoms with Gasteiger partial charge in [-0.1, -0.05) is 44.2 Å². The van der Waals surface area contributed by atoms with Crippen LogP contribution in [0, 0.1) is 6.92 Å². The van der Waals surface area contributed by atoms with Gasteiger partial charge in [-0.25, -0.2) is 4.98 Å². The zero-order chi connectivity index (χ0) is 28.1. The van der Waals surface area contributed by atoms with Gasteiger partial charge < -0.3 is 14.6 Å². The molecule has 1 unspecified atom stereocenters. The Balaban J connectivity index is 1.75. The van der Waals surface area contributed by atoms with Gasteiger partial charge in [-0.3, -0.25) is 19.5 Å². The molecule has 0 radical (unpaired) electrons. The average Bonchev–Trinajstić information content (AvgIpc) is 3.44. The summed E-state index contributed by atoms with van der Waals surface area (Å²) in [6.45, 7) is 8.07. The van der Waals surface area contributed by atoms with E-state index < -0.39 is 17.7 Å². The van der Waals surface area contributed by atoms with E-state index in [0.717, 1.165) is 15.8 Å². The van der Waals surface area contributed by atoms with Crippen molar-refractivity contribution < 1.29 is 24.2 Å². The molecule has 1 amide bonds. The van der Waals surface area contributed by atoms with E-state index in [-0.39, 0.29) is 16.7 Å². The highest BCUT2D eigenvalue weighted by atomic mass is 32.1. The summed E-state index contributed by atoms with van der Waals surface area (Å²) in [4.78, 5) is 37.7.